The molecular formula is C15H21N3O3. The molecule has 2 rings (SSSR count). The van der Waals surface area contributed by atoms with Gasteiger partial charge in [0, 0.05) is 25.7 Å². The average Bonchev–Trinajstić information content (AvgIpc) is 2.45. The van der Waals surface area contributed by atoms with Crippen molar-refractivity contribution in [1.82, 2.24) is 10.2 Å². The monoisotopic (exact) mass is 291 g/mol. The van der Waals surface area contributed by atoms with Crippen LogP contribution in [0.2, 0.25) is 0 Å². The predicted octanol–water partition coefficient (Wildman–Crippen LogP) is 0.0366. The minimum absolute atomic E-state index is 0.0411. The van der Waals surface area contributed by atoms with Crippen LogP contribution in [0.5, 0.6) is 0 Å². The van der Waals surface area contributed by atoms with Crippen molar-refractivity contribution in [3.63, 3.8) is 0 Å². The maximum Gasteiger partial charge on any atom is 0.307 e. The molecule has 6 nitrogen and oxygen atoms in total. The van der Waals surface area contributed by atoms with E-state index in [1.807, 2.05) is 35.2 Å². The summed E-state index contributed by atoms with van der Waals surface area (Å²) in [6.07, 6.45) is 0.567. The highest BCUT2D eigenvalue weighted by atomic mass is 16.4. The van der Waals surface area contributed by atoms with Crippen LogP contribution in [0.25, 0.3) is 0 Å². The van der Waals surface area contributed by atoms with Crippen LogP contribution in [0.3, 0.4) is 0 Å². The predicted molar refractivity (Wildman–Crippen MR) is 78.4 cm³/mol. The molecule has 0 aromatic heterocycles. The molecule has 1 saturated heterocycles. The van der Waals surface area contributed by atoms with Gasteiger partial charge in [0.25, 0.3) is 0 Å². The summed E-state index contributed by atoms with van der Waals surface area (Å²) in [6.45, 7) is 1.80. The number of aliphatic carboxylic acids is 1. The van der Waals surface area contributed by atoms with Crippen LogP contribution < -0.4 is 11.1 Å². The second-order valence-electron chi connectivity index (χ2n) is 5.49. The van der Waals surface area contributed by atoms with Crippen LogP contribution in [0, 0.1) is 5.92 Å². The average molecular weight is 291 g/mol. The molecule has 1 aromatic rings. The molecule has 0 spiro atoms. The summed E-state index contributed by atoms with van der Waals surface area (Å²) in [6, 6.07) is 9.98. The highest BCUT2D eigenvalue weighted by Gasteiger charge is 2.31. The summed E-state index contributed by atoms with van der Waals surface area (Å²) in [5, 5.41) is 12.6. The van der Waals surface area contributed by atoms with Gasteiger partial charge in [-0.2, -0.15) is 0 Å². The van der Waals surface area contributed by atoms with E-state index in [-0.39, 0.29) is 12.6 Å². The number of hydrogen-bond donors (Lipinski definition) is 3. The first-order chi connectivity index (χ1) is 10.0. The standard InChI is InChI=1S/C15H21N3O3/c16-14(19)10-18-8-12(15(20)21)6-13(9-18)17-7-11-4-2-1-3-5-11/h1-5,12-13,17H,6-10H2,(H2,16,19)(H,20,21). The number of amides is 1. The van der Waals surface area contributed by atoms with Gasteiger partial charge in [0.1, 0.15) is 0 Å². The highest BCUT2D eigenvalue weighted by Crippen LogP contribution is 2.17. The van der Waals surface area contributed by atoms with Crippen molar-refractivity contribution in [3.8, 4) is 0 Å². The Bertz CT molecular complexity index is 492. The zero-order valence-electron chi connectivity index (χ0n) is 11.9. The number of hydrogen-bond acceptors (Lipinski definition) is 4. The van der Waals surface area contributed by atoms with Gasteiger partial charge in [0.05, 0.1) is 12.5 Å². The Balaban J connectivity index is 1.93. The van der Waals surface area contributed by atoms with E-state index in [1.54, 1.807) is 0 Å². The van der Waals surface area contributed by atoms with E-state index in [0.29, 0.717) is 26.1 Å². The maximum atomic E-state index is 11.2. The molecule has 1 fully saturated rings. The van der Waals surface area contributed by atoms with Crippen LogP contribution in [0.1, 0.15) is 12.0 Å². The van der Waals surface area contributed by atoms with Crippen molar-refractivity contribution in [3.05, 3.63) is 35.9 Å². The first kappa shape index (κ1) is 15.5. The lowest BCUT2D eigenvalue weighted by Crippen LogP contribution is -2.52. The van der Waals surface area contributed by atoms with Crippen molar-refractivity contribution in [2.75, 3.05) is 19.6 Å². The molecule has 114 valence electrons. The van der Waals surface area contributed by atoms with Crippen molar-refractivity contribution in [1.29, 1.82) is 0 Å². The first-order valence-electron chi connectivity index (χ1n) is 7.05. The van der Waals surface area contributed by atoms with Gasteiger partial charge in [-0.3, -0.25) is 14.5 Å². The Hall–Kier alpha value is -1.92. The van der Waals surface area contributed by atoms with Gasteiger partial charge in [0.15, 0.2) is 0 Å². The Morgan fingerprint density at radius 3 is 2.62 bits per heavy atom. The maximum absolute atomic E-state index is 11.2. The summed E-state index contributed by atoms with van der Waals surface area (Å²) in [7, 11) is 0. The number of carbonyl (C=O) groups excluding carboxylic acids is 1. The van der Waals surface area contributed by atoms with Crippen molar-refractivity contribution in [2.24, 2.45) is 11.7 Å². The number of piperidine rings is 1. The summed E-state index contributed by atoms with van der Waals surface area (Å²) in [4.78, 5) is 24.1. The number of primary amides is 1. The van der Waals surface area contributed by atoms with E-state index in [0.717, 1.165) is 5.56 Å². The Kier molecular flexibility index (Phi) is 5.30. The lowest BCUT2D eigenvalue weighted by Gasteiger charge is -2.36. The number of carboxylic acids is 1. The topological polar surface area (TPSA) is 95.7 Å². The number of carbonyl (C=O) groups is 2. The van der Waals surface area contributed by atoms with Gasteiger partial charge in [0.2, 0.25) is 5.91 Å². The number of nitrogens with one attached hydrogen (secondary N) is 1. The molecule has 2 unspecified atom stereocenters. The molecule has 4 N–H and O–H groups in total. The number of benzene rings is 1. The lowest BCUT2D eigenvalue weighted by atomic mass is 9.94. The highest BCUT2D eigenvalue weighted by molar-refractivity contribution is 5.76. The molecule has 0 bridgehead atoms. The second kappa shape index (κ2) is 7.19. The fourth-order valence-electron chi connectivity index (χ4n) is 2.72. The molecule has 1 aliphatic rings. The van der Waals surface area contributed by atoms with E-state index in [2.05, 4.69) is 5.32 Å². The summed E-state index contributed by atoms with van der Waals surface area (Å²) < 4.78 is 0. The third kappa shape index (κ3) is 4.84. The third-order valence-corrected chi connectivity index (χ3v) is 3.69. The van der Waals surface area contributed by atoms with Crippen molar-refractivity contribution in [2.45, 2.75) is 19.0 Å². The fraction of sp³-hybridized carbons (Fsp3) is 0.467. The van der Waals surface area contributed by atoms with E-state index >= 15 is 0 Å². The summed E-state index contributed by atoms with van der Waals surface area (Å²) in [5.41, 5.74) is 6.36. The van der Waals surface area contributed by atoms with E-state index in [4.69, 9.17) is 5.73 Å². The summed E-state index contributed by atoms with van der Waals surface area (Å²) in [5.74, 6) is -1.72. The molecule has 2 atom stereocenters. The normalized spacial score (nSPS) is 22.9. The number of carboxylic acid groups (broad SMARTS) is 1. The van der Waals surface area contributed by atoms with Crippen LogP contribution in [-0.2, 0) is 16.1 Å². The van der Waals surface area contributed by atoms with Crippen LogP contribution in [0.15, 0.2) is 30.3 Å². The molecule has 0 radical (unpaired) electrons. The molecule has 1 aromatic carbocycles. The Morgan fingerprint density at radius 1 is 1.29 bits per heavy atom. The minimum atomic E-state index is -0.823. The molecule has 21 heavy (non-hydrogen) atoms. The molecule has 0 saturated carbocycles. The van der Waals surface area contributed by atoms with Gasteiger partial charge in [-0.15, -0.1) is 0 Å². The Labute approximate surface area is 123 Å². The van der Waals surface area contributed by atoms with E-state index in [1.165, 1.54) is 0 Å². The lowest BCUT2D eigenvalue weighted by molar-refractivity contribution is -0.144. The van der Waals surface area contributed by atoms with Gasteiger partial charge in [-0.25, -0.2) is 0 Å². The van der Waals surface area contributed by atoms with Crippen molar-refractivity contribution >= 4 is 11.9 Å². The smallest absolute Gasteiger partial charge is 0.307 e. The Morgan fingerprint density at radius 2 is 2.00 bits per heavy atom. The molecular weight excluding hydrogens is 270 g/mol. The van der Waals surface area contributed by atoms with Crippen LogP contribution in [-0.4, -0.2) is 47.6 Å². The number of nitrogens with zero attached hydrogens (tertiary/aromatic N) is 1. The molecule has 1 aliphatic heterocycles. The minimum Gasteiger partial charge on any atom is -0.481 e. The zero-order valence-corrected chi connectivity index (χ0v) is 11.9. The fourth-order valence-corrected chi connectivity index (χ4v) is 2.72. The largest absolute Gasteiger partial charge is 0.481 e. The number of nitrogens with two attached hydrogens (primary N) is 1. The summed E-state index contributed by atoms with van der Waals surface area (Å²) >= 11 is 0. The molecule has 1 heterocycles. The van der Waals surface area contributed by atoms with Crippen LogP contribution in [0.4, 0.5) is 0 Å². The number of likely N-dealkylation sites (tertiary alicyclic amines) is 1. The van der Waals surface area contributed by atoms with E-state index < -0.39 is 17.8 Å². The molecule has 0 aliphatic carbocycles. The third-order valence-electron chi connectivity index (χ3n) is 3.69. The van der Waals surface area contributed by atoms with E-state index in [9.17, 15) is 14.7 Å². The van der Waals surface area contributed by atoms with Gasteiger partial charge in [-0.05, 0) is 12.0 Å². The second-order valence-corrected chi connectivity index (χ2v) is 5.49. The molecule has 1 amide bonds. The SMILES string of the molecule is NC(=O)CN1CC(NCc2ccccc2)CC(C(=O)O)C1. The number of rotatable bonds is 6. The van der Waals surface area contributed by atoms with Crippen LogP contribution >= 0.6 is 0 Å². The van der Waals surface area contributed by atoms with Gasteiger partial charge in [-0.1, -0.05) is 30.3 Å². The first-order valence-corrected chi connectivity index (χ1v) is 7.05. The van der Waals surface area contributed by atoms with Gasteiger partial charge >= 0.3 is 5.97 Å². The van der Waals surface area contributed by atoms with Crippen molar-refractivity contribution < 1.29 is 14.7 Å². The molecule has 6 heteroatoms. The van der Waals surface area contributed by atoms with Gasteiger partial charge < -0.3 is 16.2 Å². The zero-order chi connectivity index (χ0) is 15.2. The quantitative estimate of drug-likeness (QED) is 0.687.